The lowest BCUT2D eigenvalue weighted by Crippen LogP contribution is -2.29. The number of hydrogen-bond acceptors (Lipinski definition) is 2. The molecule has 1 aromatic carbocycles. The molecule has 0 aliphatic heterocycles. The molecule has 0 unspecified atom stereocenters. The summed E-state index contributed by atoms with van der Waals surface area (Å²) in [5.74, 6) is 0. The first kappa shape index (κ1) is 9.45. The Morgan fingerprint density at radius 2 is 2.20 bits per heavy atom. The molecule has 4 nitrogen and oxygen atoms in total. The second-order valence-corrected chi connectivity index (χ2v) is 3.31. The number of benzene rings is 1. The van der Waals surface area contributed by atoms with E-state index in [9.17, 15) is 10.0 Å². The average Bonchev–Trinajstić information content (AvgIpc) is 2.28. The lowest BCUT2D eigenvalue weighted by molar-refractivity contribution is -0.884. The van der Waals surface area contributed by atoms with Gasteiger partial charge in [0, 0.05) is 29.6 Å². The van der Waals surface area contributed by atoms with E-state index in [-0.39, 0.29) is 0 Å². The standard InChI is InChI=1S/C11H11N2O2/c1-12(8-14)10-4-5-11-9(7-10)3-2-6-13(11)15/h2-8,15H,1H3/q+1. The topological polar surface area (TPSA) is 44.4 Å². The van der Waals surface area contributed by atoms with Crippen LogP contribution in [0.25, 0.3) is 10.9 Å². The van der Waals surface area contributed by atoms with Gasteiger partial charge in [-0.25, -0.2) is 0 Å². The van der Waals surface area contributed by atoms with Crippen LogP contribution in [0.2, 0.25) is 0 Å². The molecule has 0 bridgehead atoms. The van der Waals surface area contributed by atoms with E-state index in [2.05, 4.69) is 0 Å². The molecule has 2 aromatic rings. The number of carbonyl (C=O) groups is 1. The normalized spacial score (nSPS) is 10.2. The van der Waals surface area contributed by atoms with Crippen molar-refractivity contribution in [3.8, 4) is 0 Å². The third-order valence-electron chi connectivity index (χ3n) is 2.33. The van der Waals surface area contributed by atoms with Crippen LogP contribution in [0.5, 0.6) is 0 Å². The van der Waals surface area contributed by atoms with Crippen molar-refractivity contribution in [1.82, 2.24) is 0 Å². The molecule has 2 rings (SSSR count). The molecule has 1 N–H and O–H groups in total. The van der Waals surface area contributed by atoms with Crippen LogP contribution >= 0.6 is 0 Å². The van der Waals surface area contributed by atoms with E-state index in [1.54, 1.807) is 31.4 Å². The minimum absolute atomic E-state index is 0.709. The smallest absolute Gasteiger partial charge is 0.264 e. The van der Waals surface area contributed by atoms with Gasteiger partial charge in [-0.05, 0) is 18.2 Å². The molecular formula is C11H11N2O2+. The SMILES string of the molecule is CN(C=O)c1ccc2c(ccc[n+]2O)c1. The zero-order valence-electron chi connectivity index (χ0n) is 8.29. The first-order valence-electron chi connectivity index (χ1n) is 4.54. The van der Waals surface area contributed by atoms with E-state index in [0.717, 1.165) is 22.2 Å². The average molecular weight is 203 g/mol. The maximum atomic E-state index is 10.6. The second kappa shape index (κ2) is 3.57. The first-order valence-corrected chi connectivity index (χ1v) is 4.54. The van der Waals surface area contributed by atoms with Crippen LogP contribution in [0, 0.1) is 0 Å². The van der Waals surface area contributed by atoms with Crippen LogP contribution < -0.4 is 9.63 Å². The maximum Gasteiger partial charge on any atom is 0.264 e. The van der Waals surface area contributed by atoms with Gasteiger partial charge in [0.15, 0.2) is 0 Å². The van der Waals surface area contributed by atoms with Gasteiger partial charge in [-0.1, -0.05) is 0 Å². The summed E-state index contributed by atoms with van der Waals surface area (Å²) in [4.78, 5) is 12.1. The predicted octanol–water partition coefficient (Wildman–Crippen LogP) is 0.957. The Morgan fingerprint density at radius 3 is 2.93 bits per heavy atom. The molecule has 76 valence electrons. The van der Waals surface area contributed by atoms with Crippen molar-refractivity contribution >= 4 is 23.0 Å². The summed E-state index contributed by atoms with van der Waals surface area (Å²) in [6.45, 7) is 0. The van der Waals surface area contributed by atoms with Gasteiger partial charge in [-0.15, -0.1) is 0 Å². The van der Waals surface area contributed by atoms with Gasteiger partial charge < -0.3 is 4.90 Å². The van der Waals surface area contributed by atoms with Gasteiger partial charge in [-0.3, -0.25) is 10.0 Å². The predicted molar refractivity (Wildman–Crippen MR) is 55.8 cm³/mol. The molecular weight excluding hydrogens is 192 g/mol. The third-order valence-corrected chi connectivity index (χ3v) is 2.33. The maximum absolute atomic E-state index is 10.6. The summed E-state index contributed by atoms with van der Waals surface area (Å²) in [6.07, 6.45) is 2.31. The zero-order valence-corrected chi connectivity index (χ0v) is 8.29. The van der Waals surface area contributed by atoms with Gasteiger partial charge >= 0.3 is 0 Å². The van der Waals surface area contributed by atoms with Gasteiger partial charge in [-0.2, -0.15) is 0 Å². The van der Waals surface area contributed by atoms with Crippen molar-refractivity contribution in [3.05, 3.63) is 36.5 Å². The van der Waals surface area contributed by atoms with Crippen LogP contribution in [0.15, 0.2) is 36.5 Å². The number of anilines is 1. The molecule has 1 amide bonds. The molecule has 15 heavy (non-hydrogen) atoms. The number of aromatic nitrogens is 1. The summed E-state index contributed by atoms with van der Waals surface area (Å²) in [7, 11) is 1.68. The van der Waals surface area contributed by atoms with Crippen molar-refractivity contribution in [2.24, 2.45) is 0 Å². The van der Waals surface area contributed by atoms with E-state index in [1.165, 1.54) is 4.90 Å². The Hall–Kier alpha value is -2.10. The Labute approximate surface area is 86.9 Å². The van der Waals surface area contributed by atoms with Crippen LogP contribution in [0.1, 0.15) is 0 Å². The number of carbonyl (C=O) groups excluding carboxylic acids is 1. The van der Waals surface area contributed by atoms with E-state index in [0.29, 0.717) is 5.52 Å². The first-order chi connectivity index (χ1) is 7.22. The molecule has 0 saturated carbocycles. The highest BCUT2D eigenvalue weighted by atomic mass is 16.5. The highest BCUT2D eigenvalue weighted by molar-refractivity contribution is 5.84. The van der Waals surface area contributed by atoms with Crippen LogP contribution in [-0.4, -0.2) is 18.7 Å². The lowest BCUT2D eigenvalue weighted by Gasteiger charge is -2.09. The molecule has 0 aliphatic carbocycles. The summed E-state index contributed by atoms with van der Waals surface area (Å²) < 4.78 is 1.06. The number of amides is 1. The van der Waals surface area contributed by atoms with Crippen molar-refractivity contribution in [3.63, 3.8) is 0 Å². The fraction of sp³-hybridized carbons (Fsp3) is 0.0909. The van der Waals surface area contributed by atoms with Gasteiger partial charge in [0.05, 0.1) is 5.39 Å². The number of nitrogens with zero attached hydrogens (tertiary/aromatic N) is 2. The zero-order chi connectivity index (χ0) is 10.8. The molecule has 0 saturated heterocycles. The van der Waals surface area contributed by atoms with E-state index >= 15 is 0 Å². The Kier molecular flexibility index (Phi) is 2.25. The summed E-state index contributed by atoms with van der Waals surface area (Å²) in [6, 6.07) is 9.02. The van der Waals surface area contributed by atoms with Crippen molar-refractivity contribution in [2.45, 2.75) is 0 Å². The molecule has 4 heteroatoms. The number of fused-ring (bicyclic) bond motifs is 1. The van der Waals surface area contributed by atoms with Crippen molar-refractivity contribution in [1.29, 1.82) is 0 Å². The minimum Gasteiger partial charge on any atom is -0.318 e. The highest BCUT2D eigenvalue weighted by Gasteiger charge is 2.08. The minimum atomic E-state index is 0.709. The van der Waals surface area contributed by atoms with Gasteiger partial charge in [0.1, 0.15) is 0 Å². The van der Waals surface area contributed by atoms with Gasteiger partial charge in [0.25, 0.3) is 5.52 Å². The fourth-order valence-electron chi connectivity index (χ4n) is 1.47. The molecule has 1 aromatic heterocycles. The Morgan fingerprint density at radius 1 is 1.40 bits per heavy atom. The largest absolute Gasteiger partial charge is 0.318 e. The molecule has 0 atom stereocenters. The van der Waals surface area contributed by atoms with E-state index in [4.69, 9.17) is 0 Å². The number of rotatable bonds is 2. The van der Waals surface area contributed by atoms with E-state index in [1.807, 2.05) is 12.1 Å². The monoisotopic (exact) mass is 203 g/mol. The molecule has 0 radical (unpaired) electrons. The molecule has 0 spiro atoms. The second-order valence-electron chi connectivity index (χ2n) is 3.31. The van der Waals surface area contributed by atoms with E-state index < -0.39 is 0 Å². The van der Waals surface area contributed by atoms with Crippen molar-refractivity contribution < 1.29 is 14.7 Å². The third kappa shape index (κ3) is 1.61. The summed E-state index contributed by atoms with van der Waals surface area (Å²) >= 11 is 0. The molecule has 0 fully saturated rings. The highest BCUT2D eigenvalue weighted by Crippen LogP contribution is 2.17. The Bertz CT molecular complexity index is 511. The van der Waals surface area contributed by atoms with Gasteiger partial charge in [0.2, 0.25) is 12.6 Å². The number of pyridine rings is 1. The summed E-state index contributed by atoms with van der Waals surface area (Å²) in [5.41, 5.74) is 1.50. The number of hydrogen-bond donors (Lipinski definition) is 1. The quantitative estimate of drug-likeness (QED) is 0.449. The van der Waals surface area contributed by atoms with Crippen molar-refractivity contribution in [2.75, 3.05) is 11.9 Å². The fourth-order valence-corrected chi connectivity index (χ4v) is 1.47. The molecule has 0 aliphatic rings. The van der Waals surface area contributed by atoms with Crippen LogP contribution in [0.3, 0.4) is 0 Å². The lowest BCUT2D eigenvalue weighted by atomic mass is 10.2. The molecule has 1 heterocycles. The van der Waals surface area contributed by atoms with Crippen LogP contribution in [-0.2, 0) is 4.79 Å². The van der Waals surface area contributed by atoms with Crippen LogP contribution in [0.4, 0.5) is 5.69 Å². The Balaban J connectivity index is 2.61. The summed E-state index contributed by atoms with van der Waals surface area (Å²) in [5, 5.41) is 10.4.